The minimum Gasteiger partial charge on any atom is -0.490 e. The van der Waals surface area contributed by atoms with Gasteiger partial charge in [-0.1, -0.05) is 19.1 Å². The van der Waals surface area contributed by atoms with Gasteiger partial charge in [0, 0.05) is 5.56 Å². The molecule has 0 heterocycles. The first kappa shape index (κ1) is 15.1. The standard InChI is InChI=1S/C16H23NO2S/c1-3-18-15-10-12(16(17)20)6-9-14(15)19-13-7-4-11(2)5-8-13/h6,9-11,13H,3-5,7-8H2,1-2H3,(H2,17,20). The molecular formula is C16H23NO2S. The van der Waals surface area contributed by atoms with Crippen molar-refractivity contribution in [2.24, 2.45) is 11.7 Å². The van der Waals surface area contributed by atoms with Crippen LogP contribution in [0.15, 0.2) is 18.2 Å². The second kappa shape index (κ2) is 6.93. The van der Waals surface area contributed by atoms with Crippen molar-refractivity contribution in [1.82, 2.24) is 0 Å². The Morgan fingerprint density at radius 2 is 1.95 bits per heavy atom. The van der Waals surface area contributed by atoms with Gasteiger partial charge in [-0.25, -0.2) is 0 Å². The average Bonchev–Trinajstić information content (AvgIpc) is 2.43. The number of hydrogen-bond acceptors (Lipinski definition) is 3. The highest BCUT2D eigenvalue weighted by Gasteiger charge is 2.21. The van der Waals surface area contributed by atoms with Gasteiger partial charge in [0.1, 0.15) is 4.99 Å². The third kappa shape index (κ3) is 3.85. The van der Waals surface area contributed by atoms with Crippen LogP contribution in [0.2, 0.25) is 0 Å². The molecular weight excluding hydrogens is 270 g/mol. The van der Waals surface area contributed by atoms with E-state index in [1.54, 1.807) is 0 Å². The molecule has 2 N–H and O–H groups in total. The molecule has 0 aromatic heterocycles. The van der Waals surface area contributed by atoms with Gasteiger partial charge in [-0.15, -0.1) is 0 Å². The largest absolute Gasteiger partial charge is 0.490 e. The lowest BCUT2D eigenvalue weighted by Gasteiger charge is -2.27. The van der Waals surface area contributed by atoms with E-state index < -0.39 is 0 Å². The van der Waals surface area contributed by atoms with Gasteiger partial charge in [0.2, 0.25) is 0 Å². The zero-order chi connectivity index (χ0) is 14.5. The van der Waals surface area contributed by atoms with Crippen molar-refractivity contribution in [3.05, 3.63) is 23.8 Å². The molecule has 1 fully saturated rings. The summed E-state index contributed by atoms with van der Waals surface area (Å²) in [5.41, 5.74) is 6.48. The first-order valence-corrected chi connectivity index (χ1v) is 7.74. The molecule has 3 nitrogen and oxygen atoms in total. The lowest BCUT2D eigenvalue weighted by molar-refractivity contribution is 0.130. The van der Waals surface area contributed by atoms with E-state index in [1.165, 1.54) is 12.8 Å². The van der Waals surface area contributed by atoms with Crippen LogP contribution in [-0.2, 0) is 0 Å². The van der Waals surface area contributed by atoms with E-state index in [1.807, 2.05) is 25.1 Å². The van der Waals surface area contributed by atoms with Crippen molar-refractivity contribution >= 4 is 17.2 Å². The molecule has 4 heteroatoms. The average molecular weight is 293 g/mol. The fraction of sp³-hybridized carbons (Fsp3) is 0.562. The normalized spacial score (nSPS) is 22.3. The molecule has 1 aromatic carbocycles. The molecule has 1 saturated carbocycles. The molecule has 1 aromatic rings. The van der Waals surface area contributed by atoms with Crippen LogP contribution in [0.5, 0.6) is 11.5 Å². The number of ether oxygens (including phenoxy) is 2. The summed E-state index contributed by atoms with van der Waals surface area (Å²) in [5, 5.41) is 0. The molecule has 0 amide bonds. The molecule has 0 saturated heterocycles. The van der Waals surface area contributed by atoms with Crippen LogP contribution < -0.4 is 15.2 Å². The van der Waals surface area contributed by atoms with Gasteiger partial charge >= 0.3 is 0 Å². The van der Waals surface area contributed by atoms with Gasteiger partial charge in [0.05, 0.1) is 12.7 Å². The van der Waals surface area contributed by atoms with E-state index in [0.717, 1.165) is 35.8 Å². The predicted octanol–water partition coefficient (Wildman–Crippen LogP) is 3.68. The topological polar surface area (TPSA) is 44.5 Å². The Labute approximate surface area is 126 Å². The lowest BCUT2D eigenvalue weighted by atomic mass is 9.89. The van der Waals surface area contributed by atoms with Crippen LogP contribution >= 0.6 is 12.2 Å². The van der Waals surface area contributed by atoms with Crippen LogP contribution in [0.3, 0.4) is 0 Å². The third-order valence-electron chi connectivity index (χ3n) is 3.78. The number of rotatable bonds is 5. The van der Waals surface area contributed by atoms with Crippen molar-refractivity contribution in [3.63, 3.8) is 0 Å². The Morgan fingerprint density at radius 3 is 2.55 bits per heavy atom. The van der Waals surface area contributed by atoms with Gasteiger partial charge in [-0.05, 0) is 56.7 Å². The fourth-order valence-electron chi connectivity index (χ4n) is 2.55. The van der Waals surface area contributed by atoms with Gasteiger partial charge in [-0.2, -0.15) is 0 Å². The summed E-state index contributed by atoms with van der Waals surface area (Å²) in [6, 6.07) is 5.68. The minimum atomic E-state index is 0.293. The molecule has 0 aliphatic heterocycles. The van der Waals surface area contributed by atoms with E-state index in [2.05, 4.69) is 6.92 Å². The van der Waals surface area contributed by atoms with Gasteiger partial charge < -0.3 is 15.2 Å². The summed E-state index contributed by atoms with van der Waals surface area (Å²) in [7, 11) is 0. The summed E-state index contributed by atoms with van der Waals surface area (Å²) in [5.74, 6) is 2.35. The summed E-state index contributed by atoms with van der Waals surface area (Å²) < 4.78 is 11.8. The summed E-state index contributed by atoms with van der Waals surface area (Å²) in [6.07, 6.45) is 4.99. The number of benzene rings is 1. The third-order valence-corrected chi connectivity index (χ3v) is 4.02. The van der Waals surface area contributed by atoms with E-state index in [-0.39, 0.29) is 0 Å². The van der Waals surface area contributed by atoms with E-state index in [4.69, 9.17) is 27.4 Å². The Morgan fingerprint density at radius 1 is 1.25 bits per heavy atom. The molecule has 1 aliphatic carbocycles. The van der Waals surface area contributed by atoms with Gasteiger partial charge in [0.15, 0.2) is 11.5 Å². The second-order valence-corrected chi connectivity index (χ2v) is 5.90. The molecule has 20 heavy (non-hydrogen) atoms. The maximum Gasteiger partial charge on any atom is 0.161 e. The van der Waals surface area contributed by atoms with Gasteiger partial charge in [-0.3, -0.25) is 0 Å². The van der Waals surface area contributed by atoms with Crippen molar-refractivity contribution in [2.75, 3.05) is 6.61 Å². The van der Waals surface area contributed by atoms with Gasteiger partial charge in [0.25, 0.3) is 0 Å². The molecule has 110 valence electrons. The molecule has 2 rings (SSSR count). The number of thiocarbonyl (C=S) groups is 1. The zero-order valence-corrected chi connectivity index (χ0v) is 13.0. The number of nitrogens with two attached hydrogens (primary N) is 1. The van der Waals surface area contributed by atoms with Crippen LogP contribution in [0.25, 0.3) is 0 Å². The smallest absolute Gasteiger partial charge is 0.161 e. The quantitative estimate of drug-likeness (QED) is 0.841. The van der Waals surface area contributed by atoms with Crippen molar-refractivity contribution in [2.45, 2.75) is 45.6 Å². The maximum atomic E-state index is 6.11. The van der Waals surface area contributed by atoms with Crippen LogP contribution in [0.1, 0.15) is 45.1 Å². The zero-order valence-electron chi connectivity index (χ0n) is 12.2. The lowest BCUT2D eigenvalue weighted by Crippen LogP contribution is -2.23. The summed E-state index contributed by atoms with van der Waals surface area (Å²) in [4.78, 5) is 0.379. The van der Waals surface area contributed by atoms with E-state index >= 15 is 0 Å². The molecule has 0 spiro atoms. The Balaban J connectivity index is 2.11. The van der Waals surface area contributed by atoms with E-state index in [0.29, 0.717) is 17.7 Å². The van der Waals surface area contributed by atoms with Crippen molar-refractivity contribution in [3.8, 4) is 11.5 Å². The maximum absolute atomic E-state index is 6.11. The Hall–Kier alpha value is -1.29. The first-order chi connectivity index (χ1) is 9.60. The molecule has 0 unspecified atom stereocenters. The van der Waals surface area contributed by atoms with Crippen LogP contribution in [0.4, 0.5) is 0 Å². The van der Waals surface area contributed by atoms with E-state index in [9.17, 15) is 0 Å². The fourth-order valence-corrected chi connectivity index (χ4v) is 2.68. The summed E-state index contributed by atoms with van der Waals surface area (Å²) in [6.45, 7) is 4.86. The molecule has 1 aliphatic rings. The highest BCUT2D eigenvalue weighted by molar-refractivity contribution is 7.80. The Bertz CT molecular complexity index is 468. The van der Waals surface area contributed by atoms with Crippen molar-refractivity contribution in [1.29, 1.82) is 0 Å². The monoisotopic (exact) mass is 293 g/mol. The highest BCUT2D eigenvalue weighted by Crippen LogP contribution is 2.33. The molecule has 0 radical (unpaired) electrons. The SMILES string of the molecule is CCOc1cc(C(N)=S)ccc1OC1CCC(C)CC1. The van der Waals surface area contributed by atoms with Crippen LogP contribution in [0, 0.1) is 5.92 Å². The minimum absolute atomic E-state index is 0.293. The van der Waals surface area contributed by atoms with Crippen LogP contribution in [-0.4, -0.2) is 17.7 Å². The number of hydrogen-bond donors (Lipinski definition) is 1. The first-order valence-electron chi connectivity index (χ1n) is 7.33. The molecule has 0 atom stereocenters. The Kier molecular flexibility index (Phi) is 5.24. The molecule has 0 bridgehead atoms. The highest BCUT2D eigenvalue weighted by atomic mass is 32.1. The second-order valence-electron chi connectivity index (χ2n) is 5.46. The predicted molar refractivity (Wildman–Crippen MR) is 85.5 cm³/mol. The van der Waals surface area contributed by atoms with Crippen molar-refractivity contribution < 1.29 is 9.47 Å². The summed E-state index contributed by atoms with van der Waals surface area (Å²) >= 11 is 5.00.